The van der Waals surface area contributed by atoms with Crippen molar-refractivity contribution in [2.24, 2.45) is 0 Å². The minimum Gasteiger partial charge on any atom is -0.468 e. The standard InChI is InChI=1S/C21H28N2O5S/c1-5-27-12-7-11-23(15-16-8-6-13-28-16)29(25,26)17-9-10-19-18(14-17)21(2,3)20(24)22(19)4/h6,8-10,13-14H,5,7,11-12,15H2,1-4H3. The number of amides is 1. The molecule has 158 valence electrons. The number of carbonyl (C=O) groups is 1. The van der Waals surface area contributed by atoms with Crippen molar-refractivity contribution in [2.75, 3.05) is 31.7 Å². The molecule has 1 aliphatic rings. The van der Waals surface area contributed by atoms with Gasteiger partial charge in [-0.05, 0) is 63.1 Å². The number of nitrogens with zero attached hydrogens (tertiary/aromatic N) is 2. The molecule has 8 heteroatoms. The number of hydrogen-bond acceptors (Lipinski definition) is 5. The molecule has 0 N–H and O–H groups in total. The Kier molecular flexibility index (Phi) is 6.16. The van der Waals surface area contributed by atoms with Crippen LogP contribution in [0.15, 0.2) is 45.9 Å². The zero-order valence-corrected chi connectivity index (χ0v) is 18.2. The maximum absolute atomic E-state index is 13.4. The van der Waals surface area contributed by atoms with E-state index >= 15 is 0 Å². The quantitative estimate of drug-likeness (QED) is 0.582. The second-order valence-electron chi connectivity index (χ2n) is 7.64. The molecule has 2 aromatic rings. The number of rotatable bonds is 9. The van der Waals surface area contributed by atoms with Gasteiger partial charge in [-0.1, -0.05) is 0 Å². The predicted octanol–water partition coefficient (Wildman–Crippen LogP) is 3.15. The molecule has 1 amide bonds. The normalized spacial score (nSPS) is 15.9. The van der Waals surface area contributed by atoms with Gasteiger partial charge < -0.3 is 14.1 Å². The van der Waals surface area contributed by atoms with E-state index in [1.807, 2.05) is 20.8 Å². The number of sulfonamides is 1. The van der Waals surface area contributed by atoms with E-state index in [1.54, 1.807) is 42.3 Å². The van der Waals surface area contributed by atoms with Crippen LogP contribution >= 0.6 is 0 Å². The lowest BCUT2D eigenvalue weighted by Gasteiger charge is -2.22. The van der Waals surface area contributed by atoms with Crippen LogP contribution in [0.1, 0.15) is 38.5 Å². The Labute approximate surface area is 172 Å². The molecule has 0 unspecified atom stereocenters. The molecule has 2 heterocycles. The first-order valence-corrected chi connectivity index (χ1v) is 11.2. The Morgan fingerprint density at radius 1 is 1.24 bits per heavy atom. The Hall–Kier alpha value is -2.16. The van der Waals surface area contributed by atoms with E-state index in [1.165, 1.54) is 10.6 Å². The fourth-order valence-electron chi connectivity index (χ4n) is 3.61. The molecule has 1 aliphatic heterocycles. The maximum atomic E-state index is 13.4. The molecule has 7 nitrogen and oxygen atoms in total. The number of likely N-dealkylation sites (N-methyl/N-ethyl adjacent to an activating group) is 1. The zero-order valence-electron chi connectivity index (χ0n) is 17.3. The summed E-state index contributed by atoms with van der Waals surface area (Å²) < 4.78 is 39.0. The third-order valence-corrected chi connectivity index (χ3v) is 7.13. The second-order valence-corrected chi connectivity index (χ2v) is 9.57. The zero-order chi connectivity index (χ0) is 21.2. The molecule has 0 saturated carbocycles. The average molecular weight is 421 g/mol. The number of furan rings is 1. The highest BCUT2D eigenvalue weighted by molar-refractivity contribution is 7.89. The van der Waals surface area contributed by atoms with Crippen molar-refractivity contribution < 1.29 is 22.4 Å². The van der Waals surface area contributed by atoms with E-state index in [0.717, 1.165) is 11.3 Å². The lowest BCUT2D eigenvalue weighted by Crippen LogP contribution is -2.33. The van der Waals surface area contributed by atoms with Gasteiger partial charge in [-0.3, -0.25) is 4.79 Å². The molecule has 1 aromatic carbocycles. The molecular weight excluding hydrogens is 392 g/mol. The fourth-order valence-corrected chi connectivity index (χ4v) is 5.08. The molecule has 0 radical (unpaired) electrons. The van der Waals surface area contributed by atoms with Gasteiger partial charge >= 0.3 is 0 Å². The van der Waals surface area contributed by atoms with Crippen LogP contribution in [0.4, 0.5) is 5.69 Å². The number of carbonyl (C=O) groups excluding carboxylic acids is 1. The topological polar surface area (TPSA) is 80.1 Å². The van der Waals surface area contributed by atoms with Crippen molar-refractivity contribution in [3.05, 3.63) is 47.9 Å². The first-order valence-electron chi connectivity index (χ1n) is 9.72. The molecule has 3 rings (SSSR count). The van der Waals surface area contributed by atoms with Crippen molar-refractivity contribution in [2.45, 2.75) is 44.0 Å². The third kappa shape index (κ3) is 4.10. The molecule has 0 atom stereocenters. The van der Waals surface area contributed by atoms with Gasteiger partial charge in [0.05, 0.1) is 23.1 Å². The summed E-state index contributed by atoms with van der Waals surface area (Å²) in [6, 6.07) is 8.39. The molecule has 0 aliphatic carbocycles. The highest BCUT2D eigenvalue weighted by Crippen LogP contribution is 2.42. The van der Waals surface area contributed by atoms with Crippen molar-refractivity contribution in [3.8, 4) is 0 Å². The van der Waals surface area contributed by atoms with Crippen LogP contribution in [0.25, 0.3) is 0 Å². The van der Waals surface area contributed by atoms with Gasteiger partial charge in [0, 0.05) is 32.5 Å². The molecule has 0 bridgehead atoms. The third-order valence-electron chi connectivity index (χ3n) is 5.29. The summed E-state index contributed by atoms with van der Waals surface area (Å²) in [5.41, 5.74) is 0.697. The molecule has 29 heavy (non-hydrogen) atoms. The maximum Gasteiger partial charge on any atom is 0.243 e. The SMILES string of the molecule is CCOCCCN(Cc1ccco1)S(=O)(=O)c1ccc2c(c1)C(C)(C)C(=O)N2C. The molecule has 0 fully saturated rings. The Morgan fingerprint density at radius 2 is 2.00 bits per heavy atom. The summed E-state index contributed by atoms with van der Waals surface area (Å²) in [7, 11) is -2.07. The van der Waals surface area contributed by atoms with Gasteiger partial charge in [0.15, 0.2) is 0 Å². The minimum atomic E-state index is -3.78. The van der Waals surface area contributed by atoms with Crippen LogP contribution in [-0.2, 0) is 31.5 Å². The Morgan fingerprint density at radius 3 is 2.66 bits per heavy atom. The highest BCUT2D eigenvalue weighted by atomic mass is 32.2. The summed E-state index contributed by atoms with van der Waals surface area (Å²) in [6.07, 6.45) is 2.10. The van der Waals surface area contributed by atoms with E-state index < -0.39 is 15.4 Å². The van der Waals surface area contributed by atoms with Crippen LogP contribution in [0.5, 0.6) is 0 Å². The first kappa shape index (κ1) is 21.5. The van der Waals surface area contributed by atoms with Crippen molar-refractivity contribution in [1.82, 2.24) is 4.31 Å². The number of benzene rings is 1. The minimum absolute atomic E-state index is 0.0498. The number of ether oxygens (including phenoxy) is 1. The van der Waals surface area contributed by atoms with Gasteiger partial charge in [0.1, 0.15) is 5.76 Å². The van der Waals surface area contributed by atoms with Crippen LogP contribution in [0.2, 0.25) is 0 Å². The van der Waals surface area contributed by atoms with E-state index in [9.17, 15) is 13.2 Å². The number of hydrogen-bond donors (Lipinski definition) is 0. The summed E-state index contributed by atoms with van der Waals surface area (Å²) in [5, 5.41) is 0. The Balaban J connectivity index is 1.93. The summed E-state index contributed by atoms with van der Waals surface area (Å²) in [4.78, 5) is 14.3. The largest absolute Gasteiger partial charge is 0.468 e. The predicted molar refractivity (Wildman–Crippen MR) is 110 cm³/mol. The Bertz CT molecular complexity index is 967. The smallest absolute Gasteiger partial charge is 0.243 e. The lowest BCUT2D eigenvalue weighted by atomic mass is 9.86. The monoisotopic (exact) mass is 420 g/mol. The van der Waals surface area contributed by atoms with E-state index in [4.69, 9.17) is 9.15 Å². The van der Waals surface area contributed by atoms with E-state index in [0.29, 0.717) is 31.9 Å². The van der Waals surface area contributed by atoms with Crippen molar-refractivity contribution in [1.29, 1.82) is 0 Å². The van der Waals surface area contributed by atoms with Gasteiger partial charge in [-0.2, -0.15) is 4.31 Å². The van der Waals surface area contributed by atoms with Crippen LogP contribution < -0.4 is 4.90 Å². The van der Waals surface area contributed by atoms with Gasteiger partial charge in [0.2, 0.25) is 15.9 Å². The van der Waals surface area contributed by atoms with E-state index in [-0.39, 0.29) is 17.3 Å². The van der Waals surface area contributed by atoms with E-state index in [2.05, 4.69) is 0 Å². The molecule has 1 aromatic heterocycles. The summed E-state index contributed by atoms with van der Waals surface area (Å²) >= 11 is 0. The second kappa shape index (κ2) is 8.30. The van der Waals surface area contributed by atoms with Gasteiger partial charge in [-0.15, -0.1) is 0 Å². The van der Waals surface area contributed by atoms with Gasteiger partial charge in [-0.25, -0.2) is 8.42 Å². The van der Waals surface area contributed by atoms with Crippen LogP contribution in [0.3, 0.4) is 0 Å². The molecule has 0 saturated heterocycles. The van der Waals surface area contributed by atoms with Crippen LogP contribution in [-0.4, -0.2) is 45.4 Å². The number of fused-ring (bicyclic) bond motifs is 1. The summed E-state index contributed by atoms with van der Waals surface area (Å²) in [6.45, 7) is 7.06. The van der Waals surface area contributed by atoms with Crippen LogP contribution in [0, 0.1) is 0 Å². The number of anilines is 1. The first-order chi connectivity index (χ1) is 13.7. The van der Waals surface area contributed by atoms with Crippen molar-refractivity contribution in [3.63, 3.8) is 0 Å². The van der Waals surface area contributed by atoms with Gasteiger partial charge in [0.25, 0.3) is 0 Å². The summed E-state index contributed by atoms with van der Waals surface area (Å²) in [5.74, 6) is 0.521. The lowest BCUT2D eigenvalue weighted by molar-refractivity contribution is -0.121. The van der Waals surface area contributed by atoms with Crippen molar-refractivity contribution >= 4 is 21.6 Å². The fraction of sp³-hybridized carbons (Fsp3) is 0.476. The average Bonchev–Trinajstić information content (AvgIpc) is 3.26. The highest BCUT2D eigenvalue weighted by Gasteiger charge is 2.43. The molecular formula is C21H28N2O5S. The molecule has 0 spiro atoms.